The van der Waals surface area contributed by atoms with Crippen LogP contribution in [0.15, 0.2) is 48.5 Å². The Morgan fingerprint density at radius 2 is 1.85 bits per heavy atom. The van der Waals surface area contributed by atoms with Gasteiger partial charge in [0.1, 0.15) is 11.5 Å². The number of hydrogen-bond acceptors (Lipinski definition) is 5. The van der Waals surface area contributed by atoms with E-state index in [1.807, 2.05) is 12.1 Å². The molecular weight excluding hydrogens is 358 g/mol. The van der Waals surface area contributed by atoms with Gasteiger partial charge in [0.2, 0.25) is 0 Å². The van der Waals surface area contributed by atoms with Gasteiger partial charge in [-0.1, -0.05) is 29.8 Å². The Balaban J connectivity index is 1.73. The average molecular weight is 378 g/mol. The van der Waals surface area contributed by atoms with Gasteiger partial charge >= 0.3 is 5.97 Å². The number of halogens is 1. The van der Waals surface area contributed by atoms with Gasteiger partial charge in [-0.25, -0.2) is 4.79 Å². The van der Waals surface area contributed by atoms with Crippen molar-refractivity contribution in [1.82, 2.24) is 5.32 Å². The number of carbonyl (C=O) groups excluding carboxylic acids is 2. The minimum absolute atomic E-state index is 0.309. The Labute approximate surface area is 157 Å². The summed E-state index contributed by atoms with van der Waals surface area (Å²) in [6.45, 7) is 1.51. The molecule has 0 aliphatic heterocycles. The quantitative estimate of drug-likeness (QED) is 0.716. The van der Waals surface area contributed by atoms with Gasteiger partial charge in [-0.15, -0.1) is 0 Å². The van der Waals surface area contributed by atoms with E-state index in [2.05, 4.69) is 5.32 Å². The van der Waals surface area contributed by atoms with Crippen LogP contribution in [0.2, 0.25) is 5.02 Å². The summed E-state index contributed by atoms with van der Waals surface area (Å²) in [5.41, 5.74) is 0.905. The van der Waals surface area contributed by atoms with Gasteiger partial charge in [0.25, 0.3) is 5.91 Å². The van der Waals surface area contributed by atoms with Crippen LogP contribution in [0.4, 0.5) is 0 Å². The third-order valence-corrected chi connectivity index (χ3v) is 3.69. The van der Waals surface area contributed by atoms with Gasteiger partial charge in [0, 0.05) is 11.6 Å². The highest BCUT2D eigenvalue weighted by Crippen LogP contribution is 2.17. The summed E-state index contributed by atoms with van der Waals surface area (Å²) in [6.07, 6.45) is -0.927. The van der Waals surface area contributed by atoms with E-state index in [0.29, 0.717) is 17.3 Å². The molecule has 0 aliphatic rings. The van der Waals surface area contributed by atoms with E-state index in [4.69, 9.17) is 25.8 Å². The maximum atomic E-state index is 12.0. The van der Waals surface area contributed by atoms with E-state index in [1.165, 1.54) is 6.92 Å². The first-order valence-electron chi connectivity index (χ1n) is 7.96. The second-order valence-corrected chi connectivity index (χ2v) is 5.88. The van der Waals surface area contributed by atoms with Gasteiger partial charge in [0.05, 0.1) is 7.11 Å². The molecule has 0 unspecified atom stereocenters. The molecule has 138 valence electrons. The lowest BCUT2D eigenvalue weighted by molar-refractivity contribution is -0.156. The standard InChI is InChI=1S/C19H20ClNO5/c1-13(19(23)21-11-14-6-8-16(24-2)9-7-14)26-18(22)12-25-17-5-3-4-15(20)10-17/h3-10,13H,11-12H2,1-2H3,(H,21,23)/t13-/m1/s1. The van der Waals surface area contributed by atoms with E-state index in [0.717, 1.165) is 11.3 Å². The van der Waals surface area contributed by atoms with Crippen LogP contribution in [-0.4, -0.2) is 31.7 Å². The minimum atomic E-state index is -0.927. The summed E-state index contributed by atoms with van der Waals surface area (Å²) < 4.78 is 15.4. The lowest BCUT2D eigenvalue weighted by Crippen LogP contribution is -2.36. The zero-order valence-electron chi connectivity index (χ0n) is 14.5. The number of amides is 1. The van der Waals surface area contributed by atoms with E-state index in [9.17, 15) is 9.59 Å². The predicted molar refractivity (Wildman–Crippen MR) is 97.3 cm³/mol. The molecule has 0 aromatic heterocycles. The number of nitrogens with one attached hydrogen (secondary N) is 1. The smallest absolute Gasteiger partial charge is 0.344 e. The number of esters is 1. The highest BCUT2D eigenvalue weighted by Gasteiger charge is 2.18. The lowest BCUT2D eigenvalue weighted by atomic mass is 10.2. The van der Waals surface area contributed by atoms with Crippen molar-refractivity contribution in [1.29, 1.82) is 0 Å². The fourth-order valence-corrected chi connectivity index (χ4v) is 2.24. The average Bonchev–Trinajstić information content (AvgIpc) is 2.65. The summed E-state index contributed by atoms with van der Waals surface area (Å²) >= 11 is 5.83. The minimum Gasteiger partial charge on any atom is -0.497 e. The van der Waals surface area contributed by atoms with Crippen LogP contribution < -0.4 is 14.8 Å². The molecule has 0 saturated carbocycles. The molecule has 2 aromatic rings. The summed E-state index contributed by atoms with van der Waals surface area (Å²) in [4.78, 5) is 23.8. The fraction of sp³-hybridized carbons (Fsp3) is 0.263. The van der Waals surface area contributed by atoms with Crippen LogP contribution in [0.25, 0.3) is 0 Å². The molecule has 1 N–H and O–H groups in total. The molecule has 6 nitrogen and oxygen atoms in total. The molecule has 1 atom stereocenters. The van der Waals surface area contributed by atoms with Crippen molar-refractivity contribution >= 4 is 23.5 Å². The second-order valence-electron chi connectivity index (χ2n) is 5.44. The van der Waals surface area contributed by atoms with E-state index in [-0.39, 0.29) is 6.61 Å². The summed E-state index contributed by atoms with van der Waals surface area (Å²) in [7, 11) is 1.59. The van der Waals surface area contributed by atoms with E-state index >= 15 is 0 Å². The van der Waals surface area contributed by atoms with Crippen molar-refractivity contribution < 1.29 is 23.8 Å². The van der Waals surface area contributed by atoms with Gasteiger partial charge < -0.3 is 19.5 Å². The molecule has 2 aromatic carbocycles. The Kier molecular flexibility index (Phi) is 7.29. The maximum Gasteiger partial charge on any atom is 0.344 e. The molecular formula is C19H20ClNO5. The van der Waals surface area contributed by atoms with Gasteiger partial charge in [-0.05, 0) is 42.8 Å². The number of benzene rings is 2. The van der Waals surface area contributed by atoms with Crippen LogP contribution in [0.1, 0.15) is 12.5 Å². The summed E-state index contributed by atoms with van der Waals surface area (Å²) in [5, 5.41) is 3.21. The number of rotatable bonds is 8. The monoisotopic (exact) mass is 377 g/mol. The number of carbonyl (C=O) groups is 2. The fourth-order valence-electron chi connectivity index (χ4n) is 2.06. The molecule has 0 heterocycles. The molecule has 1 amide bonds. The molecule has 0 radical (unpaired) electrons. The van der Waals surface area contributed by atoms with Gasteiger partial charge in [-0.2, -0.15) is 0 Å². The van der Waals surface area contributed by atoms with Crippen LogP contribution in [0, 0.1) is 0 Å². The van der Waals surface area contributed by atoms with E-state index in [1.54, 1.807) is 43.5 Å². The lowest BCUT2D eigenvalue weighted by Gasteiger charge is -2.14. The van der Waals surface area contributed by atoms with Crippen LogP contribution >= 0.6 is 11.6 Å². The summed E-state index contributed by atoms with van der Waals surface area (Å²) in [6, 6.07) is 13.9. The second kappa shape index (κ2) is 9.68. The highest BCUT2D eigenvalue weighted by atomic mass is 35.5. The van der Waals surface area contributed by atoms with Crippen molar-refractivity contribution in [3.05, 3.63) is 59.1 Å². The van der Waals surface area contributed by atoms with Crippen LogP contribution in [0.5, 0.6) is 11.5 Å². The predicted octanol–water partition coefficient (Wildman–Crippen LogP) is 2.98. The first kappa shape index (κ1) is 19.6. The first-order chi connectivity index (χ1) is 12.5. The van der Waals surface area contributed by atoms with Crippen LogP contribution in [0.3, 0.4) is 0 Å². The summed E-state index contributed by atoms with van der Waals surface area (Å²) in [5.74, 6) is 0.155. The van der Waals surface area contributed by atoms with Crippen molar-refractivity contribution in [2.45, 2.75) is 19.6 Å². The largest absolute Gasteiger partial charge is 0.497 e. The highest BCUT2D eigenvalue weighted by molar-refractivity contribution is 6.30. The molecule has 2 rings (SSSR count). The molecule has 0 spiro atoms. The normalized spacial score (nSPS) is 11.3. The molecule has 26 heavy (non-hydrogen) atoms. The number of methoxy groups -OCH3 is 1. The van der Waals surface area contributed by atoms with E-state index < -0.39 is 18.0 Å². The first-order valence-corrected chi connectivity index (χ1v) is 8.34. The van der Waals surface area contributed by atoms with Crippen molar-refractivity contribution in [2.75, 3.05) is 13.7 Å². The van der Waals surface area contributed by atoms with Crippen molar-refractivity contribution in [3.63, 3.8) is 0 Å². The Morgan fingerprint density at radius 3 is 2.50 bits per heavy atom. The Morgan fingerprint density at radius 1 is 1.12 bits per heavy atom. The SMILES string of the molecule is COc1ccc(CNC(=O)[C@@H](C)OC(=O)COc2cccc(Cl)c2)cc1. The van der Waals surface area contributed by atoms with Crippen LogP contribution in [-0.2, 0) is 20.9 Å². The molecule has 0 bridgehead atoms. The zero-order chi connectivity index (χ0) is 18.9. The zero-order valence-corrected chi connectivity index (χ0v) is 15.3. The Hall–Kier alpha value is -2.73. The Bertz CT molecular complexity index is 748. The maximum absolute atomic E-state index is 12.0. The molecule has 0 fully saturated rings. The third kappa shape index (κ3) is 6.29. The molecule has 0 saturated heterocycles. The molecule has 7 heteroatoms. The number of ether oxygens (including phenoxy) is 3. The van der Waals surface area contributed by atoms with Gasteiger partial charge in [0.15, 0.2) is 12.7 Å². The molecule has 0 aliphatic carbocycles. The van der Waals surface area contributed by atoms with Crippen molar-refractivity contribution in [3.8, 4) is 11.5 Å². The number of hydrogen-bond donors (Lipinski definition) is 1. The third-order valence-electron chi connectivity index (χ3n) is 3.46. The van der Waals surface area contributed by atoms with Crippen molar-refractivity contribution in [2.24, 2.45) is 0 Å². The topological polar surface area (TPSA) is 73.9 Å². The van der Waals surface area contributed by atoms with Gasteiger partial charge in [-0.3, -0.25) is 4.79 Å².